The Morgan fingerprint density at radius 2 is 1.83 bits per heavy atom. The molecule has 0 atom stereocenters. The number of anilines is 1. The van der Waals surface area contributed by atoms with Gasteiger partial charge in [-0.05, 0) is 48.8 Å². The van der Waals surface area contributed by atoms with Crippen molar-refractivity contribution in [1.82, 2.24) is 0 Å². The van der Waals surface area contributed by atoms with Crippen molar-refractivity contribution in [3.63, 3.8) is 0 Å². The minimum absolute atomic E-state index is 0. The van der Waals surface area contributed by atoms with Gasteiger partial charge in [-0.2, -0.15) is 13.2 Å². The maximum absolute atomic E-state index is 12.8. The quantitative estimate of drug-likeness (QED) is 0.682. The van der Waals surface area contributed by atoms with Gasteiger partial charge in [-0.3, -0.25) is 4.90 Å². The second kappa shape index (κ2) is 7.90. The molecule has 0 spiro atoms. The summed E-state index contributed by atoms with van der Waals surface area (Å²) in [5.41, 5.74) is -0.891. The number of hydrogen-bond donors (Lipinski definition) is 0. The summed E-state index contributed by atoms with van der Waals surface area (Å²) in [6, 6.07) is 4.40. The van der Waals surface area contributed by atoms with E-state index in [4.69, 9.17) is 9.47 Å². The lowest BCUT2D eigenvalue weighted by molar-refractivity contribution is -0.119. The van der Waals surface area contributed by atoms with Crippen LogP contribution in [0.5, 0.6) is 5.75 Å². The number of carbonyl (C=O) groups is 1. The first kappa shape index (κ1) is 21.6. The van der Waals surface area contributed by atoms with Crippen molar-refractivity contribution >= 4 is 27.7 Å². The third kappa shape index (κ3) is 7.11. The zero-order valence-electron chi connectivity index (χ0n) is 12.6. The number of nitrogens with zero attached hydrogens (tertiary/aromatic N) is 1. The minimum Gasteiger partial charge on any atom is -0.497 e. The van der Waals surface area contributed by atoms with E-state index in [1.54, 1.807) is 26.8 Å². The lowest BCUT2D eigenvalue weighted by Gasteiger charge is -2.28. The number of rotatable bonds is 3. The van der Waals surface area contributed by atoms with E-state index in [0.29, 0.717) is 15.1 Å². The fraction of sp³-hybridized carbons (Fsp3) is 0.533. The van der Waals surface area contributed by atoms with E-state index in [-0.39, 0.29) is 13.1 Å². The number of amides is 1. The molecule has 1 rings (SSSR count). The molecule has 23 heavy (non-hydrogen) atoms. The highest BCUT2D eigenvalue weighted by molar-refractivity contribution is 9.10. The second-order valence-corrected chi connectivity index (χ2v) is 6.35. The first-order valence-corrected chi connectivity index (χ1v) is 7.13. The predicted octanol–water partition coefficient (Wildman–Crippen LogP) is 5.40. The fourth-order valence-corrected chi connectivity index (χ4v) is 2.03. The fourth-order valence-electron chi connectivity index (χ4n) is 1.57. The highest BCUT2D eigenvalue weighted by Crippen LogP contribution is 2.33. The molecule has 0 aliphatic rings. The molecule has 0 radical (unpaired) electrons. The molecule has 8 heteroatoms. The molecule has 0 heterocycles. The van der Waals surface area contributed by atoms with Crippen LogP contribution in [0.15, 0.2) is 22.7 Å². The normalized spacial score (nSPS) is 11.5. The van der Waals surface area contributed by atoms with E-state index >= 15 is 0 Å². The number of alkyl halides is 3. The number of carbonyl (C=O) groups excluding carboxylic acids is 1. The van der Waals surface area contributed by atoms with Crippen molar-refractivity contribution in [3.05, 3.63) is 22.7 Å². The Morgan fingerprint density at radius 3 is 2.26 bits per heavy atom. The summed E-state index contributed by atoms with van der Waals surface area (Å²) in [7, 11) is 1.38. The summed E-state index contributed by atoms with van der Waals surface area (Å²) in [5.74, 6) is 0.328. The van der Waals surface area contributed by atoms with Crippen molar-refractivity contribution in [2.75, 3.05) is 18.6 Å². The molecule has 0 fully saturated rings. The maximum Gasteiger partial charge on any atom is 0.415 e. The van der Waals surface area contributed by atoms with Gasteiger partial charge in [-0.15, -0.1) is 0 Å². The summed E-state index contributed by atoms with van der Waals surface area (Å²) in [6.45, 7) is 3.28. The van der Waals surface area contributed by atoms with Gasteiger partial charge in [-0.25, -0.2) is 4.79 Å². The van der Waals surface area contributed by atoms with Crippen LogP contribution in [0.2, 0.25) is 0 Å². The molecule has 4 nitrogen and oxygen atoms in total. The monoisotopic (exact) mass is 399 g/mol. The van der Waals surface area contributed by atoms with Gasteiger partial charge in [0.2, 0.25) is 0 Å². The van der Waals surface area contributed by atoms with Gasteiger partial charge in [0.1, 0.15) is 17.9 Å². The van der Waals surface area contributed by atoms with Crippen LogP contribution in [-0.4, -0.2) is 31.5 Å². The molecule has 0 aliphatic heterocycles. The summed E-state index contributed by atoms with van der Waals surface area (Å²) in [6.07, 6.45) is -5.65. The second-order valence-electron chi connectivity index (χ2n) is 5.50. The van der Waals surface area contributed by atoms with E-state index in [2.05, 4.69) is 15.9 Å². The SMILES string of the molecule is C.COc1ccc(Br)c(N(CC(F)(F)F)C(=O)OC(C)(C)C)c1. The van der Waals surface area contributed by atoms with Gasteiger partial charge in [-0.1, -0.05) is 7.43 Å². The van der Waals surface area contributed by atoms with Crippen LogP contribution >= 0.6 is 15.9 Å². The molecule has 132 valence electrons. The number of methoxy groups -OCH3 is 1. The Morgan fingerprint density at radius 1 is 1.26 bits per heavy atom. The van der Waals surface area contributed by atoms with Crippen LogP contribution in [0, 0.1) is 0 Å². The maximum atomic E-state index is 12.8. The molecule has 0 saturated carbocycles. The lowest BCUT2D eigenvalue weighted by Crippen LogP contribution is -2.42. The molecule has 1 aromatic carbocycles. The van der Waals surface area contributed by atoms with Crippen molar-refractivity contribution < 1.29 is 27.4 Å². The molecule has 1 amide bonds. The molecule has 0 saturated heterocycles. The van der Waals surface area contributed by atoms with Crippen molar-refractivity contribution in [1.29, 1.82) is 0 Å². The van der Waals surface area contributed by atoms with Crippen LogP contribution in [0.3, 0.4) is 0 Å². The number of benzene rings is 1. The van der Waals surface area contributed by atoms with Gasteiger partial charge >= 0.3 is 12.3 Å². The molecule has 0 aliphatic carbocycles. The third-order valence-electron chi connectivity index (χ3n) is 2.40. The predicted molar refractivity (Wildman–Crippen MR) is 87.1 cm³/mol. The smallest absolute Gasteiger partial charge is 0.415 e. The molecule has 0 N–H and O–H groups in total. The molecule has 0 bridgehead atoms. The van der Waals surface area contributed by atoms with Gasteiger partial charge < -0.3 is 9.47 Å². The van der Waals surface area contributed by atoms with Crippen molar-refractivity contribution in [3.8, 4) is 5.75 Å². The summed E-state index contributed by atoms with van der Waals surface area (Å²) >= 11 is 3.14. The van der Waals surface area contributed by atoms with E-state index in [0.717, 1.165) is 0 Å². The Balaban J connectivity index is 0.00000484. The van der Waals surface area contributed by atoms with Crippen LogP contribution in [-0.2, 0) is 4.74 Å². The Hall–Kier alpha value is -1.44. The lowest BCUT2D eigenvalue weighted by atomic mass is 10.2. The molecule has 0 unspecified atom stereocenters. The van der Waals surface area contributed by atoms with Gasteiger partial charge in [0.05, 0.1) is 12.8 Å². The van der Waals surface area contributed by atoms with Crippen molar-refractivity contribution in [2.24, 2.45) is 0 Å². The minimum atomic E-state index is -4.57. The van der Waals surface area contributed by atoms with Crippen LogP contribution in [0.4, 0.5) is 23.7 Å². The first-order valence-electron chi connectivity index (χ1n) is 6.34. The number of hydrogen-bond acceptors (Lipinski definition) is 3. The molecular weight excluding hydrogens is 379 g/mol. The van der Waals surface area contributed by atoms with E-state index in [9.17, 15) is 18.0 Å². The Bertz CT molecular complexity index is 542. The van der Waals surface area contributed by atoms with Crippen molar-refractivity contribution in [2.45, 2.75) is 40.0 Å². The number of ether oxygens (including phenoxy) is 2. The van der Waals surface area contributed by atoms with E-state index in [1.165, 1.54) is 19.2 Å². The van der Waals surface area contributed by atoms with E-state index in [1.807, 2.05) is 0 Å². The zero-order chi connectivity index (χ0) is 17.1. The van der Waals surface area contributed by atoms with Crippen LogP contribution < -0.4 is 9.64 Å². The summed E-state index contributed by atoms with van der Waals surface area (Å²) in [4.78, 5) is 12.7. The molecule has 0 aromatic heterocycles. The van der Waals surface area contributed by atoms with Crippen LogP contribution in [0.25, 0.3) is 0 Å². The highest BCUT2D eigenvalue weighted by atomic mass is 79.9. The van der Waals surface area contributed by atoms with Crippen LogP contribution in [0.1, 0.15) is 28.2 Å². The topological polar surface area (TPSA) is 38.8 Å². The van der Waals surface area contributed by atoms with E-state index < -0.39 is 24.4 Å². The Labute approximate surface area is 142 Å². The molecular formula is C15H21BrF3NO3. The highest BCUT2D eigenvalue weighted by Gasteiger charge is 2.36. The average Bonchev–Trinajstić information content (AvgIpc) is 2.33. The van der Waals surface area contributed by atoms with Gasteiger partial charge in [0.25, 0.3) is 0 Å². The first-order chi connectivity index (χ1) is 9.93. The zero-order valence-corrected chi connectivity index (χ0v) is 14.2. The average molecular weight is 400 g/mol. The largest absolute Gasteiger partial charge is 0.497 e. The number of halogens is 4. The summed E-state index contributed by atoms with van der Waals surface area (Å²) < 4.78 is 48.8. The standard InChI is InChI=1S/C14H17BrF3NO3.CH4/c1-13(2,3)22-12(20)19(8-14(16,17)18)11-7-9(21-4)5-6-10(11)15;/h5-7H,8H2,1-4H3;1H4. The summed E-state index contributed by atoms with van der Waals surface area (Å²) in [5, 5.41) is 0. The third-order valence-corrected chi connectivity index (χ3v) is 3.07. The van der Waals surface area contributed by atoms with Gasteiger partial charge in [0.15, 0.2) is 0 Å². The molecule has 1 aromatic rings. The van der Waals surface area contributed by atoms with Gasteiger partial charge in [0, 0.05) is 10.5 Å². The Kier molecular flexibility index (Phi) is 7.40.